The van der Waals surface area contributed by atoms with Crippen molar-refractivity contribution < 1.29 is 9.53 Å². The van der Waals surface area contributed by atoms with Crippen LogP contribution in [0.4, 0.5) is 0 Å². The lowest BCUT2D eigenvalue weighted by Crippen LogP contribution is -2.30. The number of aryl methyl sites for hydroxylation is 1. The van der Waals surface area contributed by atoms with Gasteiger partial charge < -0.3 is 10.5 Å². The molecule has 76 valence electrons. The van der Waals surface area contributed by atoms with Gasteiger partial charge in [-0.1, -0.05) is 17.7 Å². The van der Waals surface area contributed by atoms with Crippen molar-refractivity contribution in [1.82, 2.24) is 0 Å². The van der Waals surface area contributed by atoms with Crippen molar-refractivity contribution >= 4 is 17.5 Å². The summed E-state index contributed by atoms with van der Waals surface area (Å²) >= 11 is 5.78. The lowest BCUT2D eigenvalue weighted by molar-refractivity contribution is -0.123. The Hall–Kier alpha value is -1.22. The molecule has 0 bridgehead atoms. The molecule has 1 unspecified atom stereocenters. The number of carbonyl (C=O) groups is 1. The normalized spacial score (nSPS) is 12.2. The summed E-state index contributed by atoms with van der Waals surface area (Å²) in [6.07, 6.45) is -0.646. The number of hydrogen-bond donors (Lipinski definition) is 1. The highest BCUT2D eigenvalue weighted by Crippen LogP contribution is 2.23. The maximum absolute atomic E-state index is 10.8. The van der Waals surface area contributed by atoms with Crippen molar-refractivity contribution in [1.29, 1.82) is 0 Å². The fraction of sp³-hybridized carbons (Fsp3) is 0.300. The summed E-state index contributed by atoms with van der Waals surface area (Å²) in [5, 5.41) is 0.572. The van der Waals surface area contributed by atoms with E-state index in [2.05, 4.69) is 0 Å². The topological polar surface area (TPSA) is 52.3 Å². The van der Waals surface area contributed by atoms with Crippen LogP contribution in [0.5, 0.6) is 5.75 Å². The smallest absolute Gasteiger partial charge is 0.258 e. The second-order valence-electron chi connectivity index (χ2n) is 3.07. The standard InChI is InChI=1S/C10H12ClNO2/c1-6-3-4-8(11)5-9(6)14-7(2)10(12)13/h3-5,7H,1-2H3,(H2,12,13). The maximum Gasteiger partial charge on any atom is 0.258 e. The first-order valence-electron chi connectivity index (χ1n) is 4.23. The van der Waals surface area contributed by atoms with E-state index in [9.17, 15) is 4.79 Å². The summed E-state index contributed by atoms with van der Waals surface area (Å²) in [4.78, 5) is 10.8. The van der Waals surface area contributed by atoms with Crippen LogP contribution in [-0.4, -0.2) is 12.0 Å². The molecule has 1 rings (SSSR count). The molecule has 0 radical (unpaired) electrons. The van der Waals surface area contributed by atoms with E-state index >= 15 is 0 Å². The van der Waals surface area contributed by atoms with Gasteiger partial charge in [-0.3, -0.25) is 4.79 Å². The zero-order valence-electron chi connectivity index (χ0n) is 8.08. The predicted molar refractivity (Wildman–Crippen MR) is 55.5 cm³/mol. The van der Waals surface area contributed by atoms with Gasteiger partial charge in [-0.2, -0.15) is 0 Å². The lowest BCUT2D eigenvalue weighted by atomic mass is 10.2. The van der Waals surface area contributed by atoms with Gasteiger partial charge in [0.05, 0.1) is 0 Å². The molecule has 0 saturated carbocycles. The van der Waals surface area contributed by atoms with Crippen molar-refractivity contribution in [2.45, 2.75) is 20.0 Å². The average molecular weight is 214 g/mol. The fourth-order valence-electron chi connectivity index (χ4n) is 0.949. The number of amides is 1. The molecule has 1 aromatic carbocycles. The van der Waals surface area contributed by atoms with Crippen molar-refractivity contribution in [3.05, 3.63) is 28.8 Å². The molecule has 3 nitrogen and oxygen atoms in total. The molecular weight excluding hydrogens is 202 g/mol. The van der Waals surface area contributed by atoms with Gasteiger partial charge in [-0.05, 0) is 31.5 Å². The van der Waals surface area contributed by atoms with E-state index in [1.54, 1.807) is 19.1 Å². The van der Waals surface area contributed by atoms with Crippen LogP contribution in [0.3, 0.4) is 0 Å². The number of carbonyl (C=O) groups excluding carboxylic acids is 1. The molecule has 0 aliphatic rings. The quantitative estimate of drug-likeness (QED) is 0.834. The monoisotopic (exact) mass is 213 g/mol. The van der Waals surface area contributed by atoms with Crippen LogP contribution in [0.15, 0.2) is 18.2 Å². The van der Waals surface area contributed by atoms with Crippen molar-refractivity contribution in [2.75, 3.05) is 0 Å². The van der Waals surface area contributed by atoms with Gasteiger partial charge in [0.1, 0.15) is 5.75 Å². The van der Waals surface area contributed by atoms with Gasteiger partial charge >= 0.3 is 0 Å². The van der Waals surface area contributed by atoms with E-state index in [4.69, 9.17) is 22.1 Å². The van der Waals surface area contributed by atoms with Crippen LogP contribution in [0.1, 0.15) is 12.5 Å². The van der Waals surface area contributed by atoms with Gasteiger partial charge in [0, 0.05) is 5.02 Å². The molecule has 1 amide bonds. The number of ether oxygens (including phenoxy) is 1. The Balaban J connectivity index is 2.85. The number of hydrogen-bond acceptors (Lipinski definition) is 2. The molecule has 4 heteroatoms. The summed E-state index contributed by atoms with van der Waals surface area (Å²) in [6.45, 7) is 3.47. The summed E-state index contributed by atoms with van der Waals surface area (Å²) in [5.74, 6) is 0.0909. The van der Waals surface area contributed by atoms with Crippen molar-refractivity contribution in [2.24, 2.45) is 5.73 Å². The summed E-state index contributed by atoms with van der Waals surface area (Å²) in [7, 11) is 0. The highest BCUT2D eigenvalue weighted by atomic mass is 35.5. The molecule has 0 aliphatic carbocycles. The van der Waals surface area contributed by atoms with Crippen LogP contribution < -0.4 is 10.5 Å². The molecule has 1 aromatic rings. The van der Waals surface area contributed by atoms with E-state index in [-0.39, 0.29) is 0 Å². The minimum absolute atomic E-state index is 0.496. The molecule has 0 aliphatic heterocycles. The van der Waals surface area contributed by atoms with Gasteiger partial charge in [-0.25, -0.2) is 0 Å². The van der Waals surface area contributed by atoms with Crippen molar-refractivity contribution in [3.8, 4) is 5.75 Å². The molecule has 2 N–H and O–H groups in total. The first kappa shape index (κ1) is 10.9. The van der Waals surface area contributed by atoms with Gasteiger partial charge in [0.25, 0.3) is 5.91 Å². The van der Waals surface area contributed by atoms with E-state index < -0.39 is 12.0 Å². The second-order valence-corrected chi connectivity index (χ2v) is 3.51. The largest absolute Gasteiger partial charge is 0.481 e. The average Bonchev–Trinajstić information content (AvgIpc) is 2.11. The van der Waals surface area contributed by atoms with E-state index in [0.717, 1.165) is 5.56 Å². The first-order valence-corrected chi connectivity index (χ1v) is 4.60. The zero-order valence-corrected chi connectivity index (χ0v) is 8.84. The third-order valence-corrected chi connectivity index (χ3v) is 2.09. The SMILES string of the molecule is Cc1ccc(Cl)cc1OC(C)C(N)=O. The van der Waals surface area contributed by atoms with E-state index in [0.29, 0.717) is 10.8 Å². The van der Waals surface area contributed by atoms with Crippen LogP contribution >= 0.6 is 11.6 Å². The Kier molecular flexibility index (Phi) is 3.36. The van der Waals surface area contributed by atoms with Crippen molar-refractivity contribution in [3.63, 3.8) is 0 Å². The van der Waals surface area contributed by atoms with E-state index in [1.807, 2.05) is 13.0 Å². The Bertz CT molecular complexity index is 352. The molecular formula is C10H12ClNO2. The Morgan fingerprint density at radius 2 is 2.21 bits per heavy atom. The van der Waals surface area contributed by atoms with Crippen LogP contribution in [-0.2, 0) is 4.79 Å². The summed E-state index contributed by atoms with van der Waals surface area (Å²) < 4.78 is 5.33. The molecule has 0 heterocycles. The summed E-state index contributed by atoms with van der Waals surface area (Å²) in [5.41, 5.74) is 5.99. The number of rotatable bonds is 3. The number of halogens is 1. The van der Waals surface area contributed by atoms with Crippen LogP contribution in [0.2, 0.25) is 5.02 Å². The molecule has 1 atom stereocenters. The van der Waals surface area contributed by atoms with Gasteiger partial charge in [0.15, 0.2) is 6.10 Å². The molecule has 0 spiro atoms. The van der Waals surface area contributed by atoms with Gasteiger partial charge in [-0.15, -0.1) is 0 Å². The van der Waals surface area contributed by atoms with Crippen LogP contribution in [0.25, 0.3) is 0 Å². The third kappa shape index (κ3) is 2.64. The zero-order chi connectivity index (χ0) is 10.7. The third-order valence-electron chi connectivity index (χ3n) is 1.85. The highest BCUT2D eigenvalue weighted by molar-refractivity contribution is 6.30. The second kappa shape index (κ2) is 4.33. The van der Waals surface area contributed by atoms with E-state index in [1.165, 1.54) is 0 Å². The van der Waals surface area contributed by atoms with Crippen LogP contribution in [0, 0.1) is 6.92 Å². The summed E-state index contributed by atoms with van der Waals surface area (Å²) in [6, 6.07) is 5.25. The number of benzene rings is 1. The van der Waals surface area contributed by atoms with Gasteiger partial charge in [0.2, 0.25) is 0 Å². The highest BCUT2D eigenvalue weighted by Gasteiger charge is 2.11. The minimum Gasteiger partial charge on any atom is -0.481 e. The molecule has 0 aromatic heterocycles. The Morgan fingerprint density at radius 3 is 2.79 bits per heavy atom. The Labute approximate surface area is 87.8 Å². The molecule has 0 fully saturated rings. The Morgan fingerprint density at radius 1 is 1.57 bits per heavy atom. The minimum atomic E-state index is -0.646. The number of primary amides is 1. The maximum atomic E-state index is 10.8. The first-order chi connectivity index (χ1) is 6.50. The fourth-order valence-corrected chi connectivity index (χ4v) is 1.11. The lowest BCUT2D eigenvalue weighted by Gasteiger charge is -2.13. The predicted octanol–water partition coefficient (Wildman–Crippen LogP) is 1.90. The molecule has 0 saturated heterocycles. The molecule has 14 heavy (non-hydrogen) atoms. The number of nitrogens with two attached hydrogens (primary N) is 1.